The van der Waals surface area contributed by atoms with Gasteiger partial charge in [0.1, 0.15) is 12.0 Å². The second-order valence-corrected chi connectivity index (χ2v) is 6.67. The van der Waals surface area contributed by atoms with Gasteiger partial charge >= 0.3 is 0 Å². The zero-order chi connectivity index (χ0) is 18.0. The number of rotatable bonds is 3. The van der Waals surface area contributed by atoms with Crippen LogP contribution in [0.5, 0.6) is 0 Å². The molecule has 0 radical (unpaired) electrons. The van der Waals surface area contributed by atoms with E-state index >= 15 is 0 Å². The molecule has 0 aromatic heterocycles. The van der Waals surface area contributed by atoms with Crippen LogP contribution in [0.25, 0.3) is 0 Å². The van der Waals surface area contributed by atoms with Crippen LogP contribution >= 0.6 is 11.6 Å². The lowest BCUT2D eigenvalue weighted by Gasteiger charge is -2.32. The fourth-order valence-corrected chi connectivity index (χ4v) is 3.15. The number of nitrogens with zero attached hydrogens (tertiary/aromatic N) is 1. The monoisotopic (exact) mass is 364 g/mol. The summed E-state index contributed by atoms with van der Waals surface area (Å²) in [5.41, 5.74) is 2.67. The summed E-state index contributed by atoms with van der Waals surface area (Å²) in [5, 5.41) is 2.70. The number of hydrogen-bond donors (Lipinski definition) is 1. The summed E-state index contributed by atoms with van der Waals surface area (Å²) in [6, 6.07) is 9.67. The molecule has 6 heteroatoms. The van der Waals surface area contributed by atoms with Gasteiger partial charge in [0.2, 0.25) is 0 Å². The predicted octanol–water partition coefficient (Wildman–Crippen LogP) is 4.98. The van der Waals surface area contributed by atoms with Crippen LogP contribution in [0.2, 0.25) is 5.02 Å². The highest BCUT2D eigenvalue weighted by Gasteiger charge is 2.23. The number of hydrogen-bond acceptors (Lipinski definition) is 2. The molecular formula is C19H19ClF2N2O. The number of benzene rings is 2. The number of anilines is 2. The molecule has 0 spiro atoms. The Balaban J connectivity index is 1.86. The maximum atomic E-state index is 13.4. The summed E-state index contributed by atoms with van der Waals surface area (Å²) in [7, 11) is 0. The molecule has 0 bridgehead atoms. The van der Waals surface area contributed by atoms with Crippen LogP contribution in [-0.4, -0.2) is 25.2 Å². The third-order valence-electron chi connectivity index (χ3n) is 4.34. The van der Waals surface area contributed by atoms with Gasteiger partial charge < -0.3 is 10.2 Å². The Morgan fingerprint density at radius 3 is 2.60 bits per heavy atom. The normalized spacial score (nSPS) is 15.3. The number of aryl methyl sites for hydroxylation is 1. The summed E-state index contributed by atoms with van der Waals surface area (Å²) in [5.74, 6) is -0.839. The fraction of sp³-hybridized carbons (Fsp3) is 0.316. The second kappa shape index (κ2) is 7.40. The maximum absolute atomic E-state index is 13.4. The summed E-state index contributed by atoms with van der Waals surface area (Å²) in [6.45, 7) is 3.06. The van der Waals surface area contributed by atoms with Gasteiger partial charge in [0.15, 0.2) is 0 Å². The maximum Gasteiger partial charge on any atom is 0.257 e. The molecule has 1 heterocycles. The molecule has 0 atom stereocenters. The van der Waals surface area contributed by atoms with Gasteiger partial charge in [-0.2, -0.15) is 0 Å². The average molecular weight is 365 g/mol. The highest BCUT2D eigenvalue weighted by Crippen LogP contribution is 2.27. The lowest BCUT2D eigenvalue weighted by atomic mass is 10.0. The SMILES string of the molecule is Cc1ccc(N2CCC(F)CC2)c(C(=O)Nc2ccc(F)c(Cl)c2)c1. The number of alkyl halides is 1. The minimum absolute atomic E-state index is 0.0488. The van der Waals surface area contributed by atoms with E-state index in [1.807, 2.05) is 24.0 Å². The van der Waals surface area contributed by atoms with Crippen molar-refractivity contribution in [2.45, 2.75) is 25.9 Å². The molecule has 3 rings (SSSR count). The van der Waals surface area contributed by atoms with Gasteiger partial charge in [-0.05, 0) is 50.1 Å². The molecule has 2 aromatic carbocycles. The molecule has 1 N–H and O–H groups in total. The van der Waals surface area contributed by atoms with Crippen LogP contribution in [0.3, 0.4) is 0 Å². The van der Waals surface area contributed by atoms with Crippen molar-refractivity contribution in [3.05, 3.63) is 58.4 Å². The summed E-state index contributed by atoms with van der Waals surface area (Å²) >= 11 is 5.77. The smallest absolute Gasteiger partial charge is 0.257 e. The third kappa shape index (κ3) is 4.10. The zero-order valence-corrected chi connectivity index (χ0v) is 14.6. The molecule has 0 unspecified atom stereocenters. The van der Waals surface area contributed by atoms with Crippen LogP contribution in [-0.2, 0) is 0 Å². The number of piperidine rings is 1. The minimum atomic E-state index is -0.777. The van der Waals surface area contributed by atoms with Gasteiger partial charge in [0.05, 0.1) is 10.6 Å². The van der Waals surface area contributed by atoms with E-state index in [1.54, 1.807) is 6.07 Å². The first-order chi connectivity index (χ1) is 11.9. The number of carbonyl (C=O) groups excluding carboxylic acids is 1. The van der Waals surface area contributed by atoms with Crippen molar-refractivity contribution < 1.29 is 13.6 Å². The number of amides is 1. The van der Waals surface area contributed by atoms with Crippen LogP contribution in [0.15, 0.2) is 36.4 Å². The van der Waals surface area contributed by atoms with E-state index in [2.05, 4.69) is 5.32 Å². The molecule has 1 aliphatic heterocycles. The Morgan fingerprint density at radius 1 is 1.20 bits per heavy atom. The van der Waals surface area contributed by atoms with Gasteiger partial charge in [-0.1, -0.05) is 23.2 Å². The Bertz CT molecular complexity index is 789. The van der Waals surface area contributed by atoms with E-state index in [9.17, 15) is 13.6 Å². The molecule has 2 aromatic rings. The first kappa shape index (κ1) is 17.7. The first-order valence-corrected chi connectivity index (χ1v) is 8.58. The lowest BCUT2D eigenvalue weighted by molar-refractivity contribution is 0.102. The largest absolute Gasteiger partial charge is 0.371 e. The molecule has 1 amide bonds. The van der Waals surface area contributed by atoms with Gasteiger partial charge in [0, 0.05) is 24.5 Å². The summed E-state index contributed by atoms with van der Waals surface area (Å²) in [6.07, 6.45) is 0.144. The summed E-state index contributed by atoms with van der Waals surface area (Å²) < 4.78 is 26.7. The van der Waals surface area contributed by atoms with Gasteiger partial charge in [-0.15, -0.1) is 0 Å². The average Bonchev–Trinajstić information content (AvgIpc) is 2.59. The highest BCUT2D eigenvalue weighted by atomic mass is 35.5. The third-order valence-corrected chi connectivity index (χ3v) is 4.63. The van der Waals surface area contributed by atoms with E-state index in [0.29, 0.717) is 37.2 Å². The van der Waals surface area contributed by atoms with E-state index in [4.69, 9.17) is 11.6 Å². The van der Waals surface area contributed by atoms with E-state index in [-0.39, 0.29) is 10.9 Å². The molecular weight excluding hydrogens is 346 g/mol. The molecule has 3 nitrogen and oxygen atoms in total. The molecule has 0 aliphatic carbocycles. The molecule has 0 saturated carbocycles. The van der Waals surface area contributed by atoms with Crippen molar-refractivity contribution in [1.82, 2.24) is 0 Å². The van der Waals surface area contributed by atoms with Crippen molar-refractivity contribution in [3.8, 4) is 0 Å². The second-order valence-electron chi connectivity index (χ2n) is 6.27. The van der Waals surface area contributed by atoms with E-state index in [1.165, 1.54) is 18.2 Å². The van der Waals surface area contributed by atoms with Gasteiger partial charge in [-0.3, -0.25) is 4.79 Å². The van der Waals surface area contributed by atoms with E-state index in [0.717, 1.165) is 11.3 Å². The van der Waals surface area contributed by atoms with Crippen molar-refractivity contribution in [2.75, 3.05) is 23.3 Å². The standard InChI is InChI=1S/C19H19ClF2N2O/c1-12-2-5-18(24-8-6-13(21)7-9-24)15(10-12)19(25)23-14-3-4-17(22)16(20)11-14/h2-5,10-11,13H,6-9H2,1H3,(H,23,25). The van der Waals surface area contributed by atoms with Crippen LogP contribution in [0, 0.1) is 12.7 Å². The van der Waals surface area contributed by atoms with Gasteiger partial charge in [-0.25, -0.2) is 8.78 Å². The fourth-order valence-electron chi connectivity index (χ4n) is 2.97. The quantitative estimate of drug-likeness (QED) is 0.833. The minimum Gasteiger partial charge on any atom is -0.371 e. The van der Waals surface area contributed by atoms with Crippen molar-refractivity contribution in [2.24, 2.45) is 0 Å². The van der Waals surface area contributed by atoms with Crippen molar-refractivity contribution in [3.63, 3.8) is 0 Å². The number of halogens is 3. The summed E-state index contributed by atoms with van der Waals surface area (Å²) in [4.78, 5) is 14.8. The van der Waals surface area contributed by atoms with Gasteiger partial charge in [0.25, 0.3) is 5.91 Å². The van der Waals surface area contributed by atoms with Crippen LogP contribution in [0.4, 0.5) is 20.2 Å². The Labute approximate surface area is 150 Å². The Morgan fingerprint density at radius 2 is 1.92 bits per heavy atom. The first-order valence-electron chi connectivity index (χ1n) is 8.20. The molecule has 1 aliphatic rings. The molecule has 1 saturated heterocycles. The van der Waals surface area contributed by atoms with Crippen molar-refractivity contribution >= 4 is 28.9 Å². The predicted molar refractivity (Wildman–Crippen MR) is 96.9 cm³/mol. The lowest BCUT2D eigenvalue weighted by Crippen LogP contribution is -2.35. The Hall–Kier alpha value is -2.14. The van der Waals surface area contributed by atoms with E-state index < -0.39 is 12.0 Å². The van der Waals surface area contributed by atoms with Crippen LogP contribution < -0.4 is 10.2 Å². The van der Waals surface area contributed by atoms with Crippen molar-refractivity contribution in [1.29, 1.82) is 0 Å². The molecule has 25 heavy (non-hydrogen) atoms. The molecule has 1 fully saturated rings. The number of nitrogens with one attached hydrogen (secondary N) is 1. The zero-order valence-electron chi connectivity index (χ0n) is 13.9. The topological polar surface area (TPSA) is 32.3 Å². The Kier molecular flexibility index (Phi) is 5.23. The highest BCUT2D eigenvalue weighted by molar-refractivity contribution is 6.31. The number of carbonyl (C=O) groups is 1. The molecule has 132 valence electrons. The van der Waals surface area contributed by atoms with Crippen LogP contribution in [0.1, 0.15) is 28.8 Å².